The number of benzene rings is 1. The van der Waals surface area contributed by atoms with Gasteiger partial charge in [-0.1, -0.05) is 29.8 Å². The zero-order chi connectivity index (χ0) is 15.1. The molecule has 0 unspecified atom stereocenters. The van der Waals surface area contributed by atoms with E-state index in [0.29, 0.717) is 6.54 Å². The van der Waals surface area contributed by atoms with E-state index in [2.05, 4.69) is 58.7 Å². The molecule has 0 bridgehead atoms. The molecule has 0 fully saturated rings. The Kier molecular flexibility index (Phi) is 5.75. The summed E-state index contributed by atoms with van der Waals surface area (Å²) in [5.74, 6) is 0.839. The van der Waals surface area contributed by atoms with Crippen LogP contribution in [0.5, 0.6) is 0 Å². The van der Waals surface area contributed by atoms with Crippen LogP contribution in [0.1, 0.15) is 28.6 Å². The number of aromatic nitrogens is 1. The highest BCUT2D eigenvalue weighted by molar-refractivity contribution is 7.09. The fraction of sp³-hybridized carbons (Fsp3) is 0.375. The van der Waals surface area contributed by atoms with E-state index in [4.69, 9.17) is 0 Å². The highest BCUT2D eigenvalue weighted by Gasteiger charge is 2.03. The minimum Gasteiger partial charge on any atom is -0.357 e. The zero-order valence-electron chi connectivity index (χ0n) is 12.8. The van der Waals surface area contributed by atoms with Gasteiger partial charge in [0, 0.05) is 11.4 Å². The summed E-state index contributed by atoms with van der Waals surface area (Å²) in [6.45, 7) is 8.48. The molecule has 2 N–H and O–H groups in total. The fourth-order valence-corrected chi connectivity index (χ4v) is 2.58. The smallest absolute Gasteiger partial charge is 0.191 e. The summed E-state index contributed by atoms with van der Waals surface area (Å²) in [6, 6.07) is 8.48. The third-order valence-electron chi connectivity index (χ3n) is 3.15. The van der Waals surface area contributed by atoms with Crippen molar-refractivity contribution in [2.45, 2.75) is 33.9 Å². The molecule has 0 spiro atoms. The molecule has 1 aromatic carbocycles. The molecular weight excluding hydrogens is 280 g/mol. The summed E-state index contributed by atoms with van der Waals surface area (Å²) in [5.41, 5.74) is 5.45. The van der Waals surface area contributed by atoms with Crippen LogP contribution in [0.3, 0.4) is 0 Å². The summed E-state index contributed by atoms with van der Waals surface area (Å²) < 4.78 is 0. The first kappa shape index (κ1) is 15.5. The molecule has 2 aromatic rings. The number of nitrogens with zero attached hydrogens (tertiary/aromatic N) is 2. The Bertz CT molecular complexity index is 587. The number of aryl methyl sites for hydroxylation is 2. The van der Waals surface area contributed by atoms with Gasteiger partial charge < -0.3 is 10.6 Å². The topological polar surface area (TPSA) is 49.3 Å². The number of rotatable bonds is 5. The molecule has 0 aliphatic rings. The van der Waals surface area contributed by atoms with E-state index in [1.165, 1.54) is 16.0 Å². The van der Waals surface area contributed by atoms with Gasteiger partial charge in [0.05, 0.1) is 24.3 Å². The zero-order valence-corrected chi connectivity index (χ0v) is 13.6. The van der Waals surface area contributed by atoms with Crippen LogP contribution in [0.25, 0.3) is 0 Å². The number of hydrogen-bond acceptors (Lipinski definition) is 3. The molecule has 112 valence electrons. The van der Waals surface area contributed by atoms with Gasteiger partial charge in [-0.2, -0.15) is 0 Å². The fourth-order valence-electron chi connectivity index (χ4n) is 1.87. The van der Waals surface area contributed by atoms with E-state index in [1.54, 1.807) is 11.3 Å². The molecule has 1 aromatic heterocycles. The Balaban J connectivity index is 1.95. The molecular formula is C16H22N4S. The molecule has 4 nitrogen and oxygen atoms in total. The van der Waals surface area contributed by atoms with Crippen LogP contribution in [0.2, 0.25) is 0 Å². The van der Waals surface area contributed by atoms with Crippen LogP contribution in [-0.4, -0.2) is 17.5 Å². The summed E-state index contributed by atoms with van der Waals surface area (Å²) in [6.07, 6.45) is 0. The van der Waals surface area contributed by atoms with Gasteiger partial charge in [-0.25, -0.2) is 9.98 Å². The first-order valence-corrected chi connectivity index (χ1v) is 8.03. The number of hydrogen-bond donors (Lipinski definition) is 2. The van der Waals surface area contributed by atoms with Crippen molar-refractivity contribution in [1.82, 2.24) is 15.6 Å². The van der Waals surface area contributed by atoms with Crippen molar-refractivity contribution < 1.29 is 0 Å². The van der Waals surface area contributed by atoms with Crippen molar-refractivity contribution in [3.05, 3.63) is 51.5 Å². The average molecular weight is 302 g/mol. The lowest BCUT2D eigenvalue weighted by molar-refractivity contribution is 0.819. The van der Waals surface area contributed by atoms with E-state index >= 15 is 0 Å². The van der Waals surface area contributed by atoms with Gasteiger partial charge in [-0.05, 0) is 26.3 Å². The average Bonchev–Trinajstić information content (AvgIpc) is 2.89. The maximum Gasteiger partial charge on any atom is 0.191 e. The second kappa shape index (κ2) is 7.78. The van der Waals surface area contributed by atoms with Crippen molar-refractivity contribution >= 4 is 17.3 Å². The highest BCUT2D eigenvalue weighted by Crippen LogP contribution is 2.11. The Morgan fingerprint density at radius 3 is 2.57 bits per heavy atom. The first-order chi connectivity index (χ1) is 10.2. The Morgan fingerprint density at radius 1 is 1.19 bits per heavy atom. The van der Waals surface area contributed by atoms with Crippen molar-refractivity contribution in [1.29, 1.82) is 0 Å². The van der Waals surface area contributed by atoms with E-state index in [1.807, 2.05) is 12.4 Å². The van der Waals surface area contributed by atoms with Crippen LogP contribution >= 0.6 is 11.3 Å². The summed E-state index contributed by atoms with van der Waals surface area (Å²) in [7, 11) is 0. The third-order valence-corrected chi connectivity index (χ3v) is 4.08. The van der Waals surface area contributed by atoms with Gasteiger partial charge in [-0.3, -0.25) is 0 Å². The lowest BCUT2D eigenvalue weighted by Gasteiger charge is -2.10. The minimum absolute atomic E-state index is 0.678. The molecule has 21 heavy (non-hydrogen) atoms. The molecule has 1 heterocycles. The van der Waals surface area contributed by atoms with E-state index in [0.717, 1.165) is 24.7 Å². The second-order valence-electron chi connectivity index (χ2n) is 4.90. The van der Waals surface area contributed by atoms with Crippen LogP contribution in [0.4, 0.5) is 0 Å². The molecule has 5 heteroatoms. The quantitative estimate of drug-likeness (QED) is 0.659. The summed E-state index contributed by atoms with van der Waals surface area (Å²) >= 11 is 1.67. The van der Waals surface area contributed by atoms with Crippen LogP contribution < -0.4 is 10.6 Å². The minimum atomic E-state index is 0.678. The molecule has 0 atom stereocenters. The predicted octanol–water partition coefficient (Wildman–Crippen LogP) is 3.02. The van der Waals surface area contributed by atoms with Crippen molar-refractivity contribution in [3.8, 4) is 0 Å². The Hall–Kier alpha value is -1.88. The van der Waals surface area contributed by atoms with Crippen LogP contribution in [-0.2, 0) is 13.1 Å². The third kappa shape index (κ3) is 4.86. The molecule has 0 saturated carbocycles. The van der Waals surface area contributed by atoms with Crippen molar-refractivity contribution in [3.63, 3.8) is 0 Å². The van der Waals surface area contributed by atoms with Crippen molar-refractivity contribution in [2.24, 2.45) is 4.99 Å². The molecule has 0 saturated heterocycles. The molecule has 0 aliphatic heterocycles. The van der Waals surface area contributed by atoms with Gasteiger partial charge >= 0.3 is 0 Å². The second-order valence-corrected chi connectivity index (χ2v) is 5.83. The summed E-state index contributed by atoms with van der Waals surface area (Å²) in [4.78, 5) is 10.1. The maximum atomic E-state index is 4.62. The molecule has 0 radical (unpaired) electrons. The van der Waals surface area contributed by atoms with Gasteiger partial charge in [-0.15, -0.1) is 11.3 Å². The monoisotopic (exact) mass is 302 g/mol. The SMILES string of the molecule is CCNC(=NCc1ccc(C)cc1)NCc1scnc1C. The maximum absolute atomic E-state index is 4.62. The molecule has 0 amide bonds. The van der Waals surface area contributed by atoms with Crippen molar-refractivity contribution in [2.75, 3.05) is 6.54 Å². The number of aliphatic imine (C=N–C) groups is 1. The predicted molar refractivity (Wildman–Crippen MR) is 89.7 cm³/mol. The largest absolute Gasteiger partial charge is 0.357 e. The normalized spacial score (nSPS) is 11.5. The van der Waals surface area contributed by atoms with E-state index in [9.17, 15) is 0 Å². The van der Waals surface area contributed by atoms with E-state index < -0.39 is 0 Å². The van der Waals surface area contributed by atoms with Crippen LogP contribution in [0.15, 0.2) is 34.8 Å². The standard InChI is InChI=1S/C16H22N4S/c1-4-17-16(19-10-15-13(3)20-11-21-15)18-9-14-7-5-12(2)6-8-14/h5-8,11H,4,9-10H2,1-3H3,(H2,17,18,19). The van der Waals surface area contributed by atoms with Crippen LogP contribution in [0, 0.1) is 13.8 Å². The lowest BCUT2D eigenvalue weighted by atomic mass is 10.1. The molecule has 0 aliphatic carbocycles. The van der Waals surface area contributed by atoms with Gasteiger partial charge in [0.1, 0.15) is 0 Å². The Morgan fingerprint density at radius 2 is 1.95 bits per heavy atom. The Labute approximate surface area is 130 Å². The number of guanidine groups is 1. The van der Waals surface area contributed by atoms with Gasteiger partial charge in [0.25, 0.3) is 0 Å². The number of nitrogens with one attached hydrogen (secondary N) is 2. The van der Waals surface area contributed by atoms with E-state index in [-0.39, 0.29) is 0 Å². The van der Waals surface area contributed by atoms with Gasteiger partial charge in [0.2, 0.25) is 0 Å². The summed E-state index contributed by atoms with van der Waals surface area (Å²) in [5, 5.41) is 6.62. The first-order valence-electron chi connectivity index (χ1n) is 7.15. The highest BCUT2D eigenvalue weighted by atomic mass is 32.1. The number of thiazole rings is 1. The van der Waals surface area contributed by atoms with Gasteiger partial charge in [0.15, 0.2) is 5.96 Å². The lowest BCUT2D eigenvalue weighted by Crippen LogP contribution is -2.36. The molecule has 2 rings (SSSR count).